The van der Waals surface area contributed by atoms with Gasteiger partial charge in [-0.3, -0.25) is 0 Å². The second-order valence-corrected chi connectivity index (χ2v) is 5.25. The first kappa shape index (κ1) is 17.7. The summed E-state index contributed by atoms with van der Waals surface area (Å²) in [5.41, 5.74) is 0.519. The summed E-state index contributed by atoms with van der Waals surface area (Å²) < 4.78 is 39.4. The van der Waals surface area contributed by atoms with Gasteiger partial charge in [0.15, 0.2) is 5.71 Å². The summed E-state index contributed by atoms with van der Waals surface area (Å²) in [7, 11) is 0. The van der Waals surface area contributed by atoms with Gasteiger partial charge in [0.2, 0.25) is 0 Å². The van der Waals surface area contributed by atoms with E-state index < -0.39 is 18.0 Å². The first-order chi connectivity index (χ1) is 9.77. The Morgan fingerprint density at radius 2 is 1.76 bits per heavy atom. The first-order valence-corrected chi connectivity index (χ1v) is 7.17. The van der Waals surface area contributed by atoms with Crippen molar-refractivity contribution in [3.05, 3.63) is 29.3 Å². The van der Waals surface area contributed by atoms with Crippen molar-refractivity contribution >= 4 is 11.4 Å². The van der Waals surface area contributed by atoms with E-state index in [-0.39, 0.29) is 6.42 Å². The van der Waals surface area contributed by atoms with Crippen LogP contribution in [-0.4, -0.2) is 23.1 Å². The third-order valence-electron chi connectivity index (χ3n) is 3.36. The van der Waals surface area contributed by atoms with E-state index in [0.29, 0.717) is 23.2 Å². The topological polar surface area (TPSA) is 32.6 Å². The first-order valence-electron chi connectivity index (χ1n) is 7.17. The lowest BCUT2D eigenvalue weighted by atomic mass is 10.0. The number of hydrogen-bond acceptors (Lipinski definition) is 2. The second kappa shape index (κ2) is 7.59. The Hall–Kier alpha value is -1.36. The van der Waals surface area contributed by atoms with E-state index >= 15 is 0 Å². The summed E-state index contributed by atoms with van der Waals surface area (Å²) in [4.78, 5) is 3.75. The minimum Gasteiger partial charge on any atom is -0.387 e. The molecule has 5 heteroatoms. The van der Waals surface area contributed by atoms with E-state index in [9.17, 15) is 18.3 Å². The Balaban J connectivity index is 3.11. The number of alkyl halides is 3. The predicted molar refractivity (Wildman–Crippen MR) is 79.2 cm³/mol. The number of aliphatic hydroxyl groups excluding tert-OH is 1. The van der Waals surface area contributed by atoms with Crippen molar-refractivity contribution in [1.29, 1.82) is 0 Å². The zero-order valence-electron chi connectivity index (χ0n) is 12.7. The average molecular weight is 301 g/mol. The van der Waals surface area contributed by atoms with Crippen LogP contribution in [0.2, 0.25) is 0 Å². The monoisotopic (exact) mass is 301 g/mol. The highest BCUT2D eigenvalue weighted by Gasteiger charge is 2.40. The van der Waals surface area contributed by atoms with Crippen LogP contribution in [0.3, 0.4) is 0 Å². The normalized spacial score (nSPS) is 14.3. The zero-order valence-corrected chi connectivity index (χ0v) is 12.7. The van der Waals surface area contributed by atoms with Gasteiger partial charge in [0.05, 0.1) is 5.69 Å². The summed E-state index contributed by atoms with van der Waals surface area (Å²) in [6.07, 6.45) is -3.87. The van der Waals surface area contributed by atoms with Crippen molar-refractivity contribution in [3.63, 3.8) is 0 Å². The molecule has 1 N–H and O–H groups in total. The van der Waals surface area contributed by atoms with Crippen LogP contribution >= 0.6 is 0 Å². The maximum absolute atomic E-state index is 13.1. The van der Waals surface area contributed by atoms with Gasteiger partial charge in [-0.05, 0) is 31.4 Å². The number of halogens is 3. The highest BCUT2D eigenvalue weighted by molar-refractivity contribution is 5.95. The fourth-order valence-corrected chi connectivity index (χ4v) is 2.15. The van der Waals surface area contributed by atoms with E-state index in [1.165, 1.54) is 0 Å². The summed E-state index contributed by atoms with van der Waals surface area (Å²) in [5.74, 6) is 0. The molecule has 0 spiro atoms. The van der Waals surface area contributed by atoms with Crippen molar-refractivity contribution < 1.29 is 18.3 Å². The van der Waals surface area contributed by atoms with E-state index in [1.807, 2.05) is 6.92 Å². The predicted octanol–water partition coefficient (Wildman–Crippen LogP) is 4.88. The average Bonchev–Trinajstić information content (AvgIpc) is 2.37. The summed E-state index contributed by atoms with van der Waals surface area (Å²) in [5, 5.41) is 9.86. The molecule has 21 heavy (non-hydrogen) atoms. The summed E-state index contributed by atoms with van der Waals surface area (Å²) in [6, 6.07) is 5.20. The highest BCUT2D eigenvalue weighted by Crippen LogP contribution is 2.29. The molecule has 118 valence electrons. The SMILES string of the molecule is CCCCCC(O)C(=Nc1c(C)cccc1C)C(F)(F)F. The quantitative estimate of drug-likeness (QED) is 0.589. The van der Waals surface area contributed by atoms with Crippen LogP contribution in [0.1, 0.15) is 43.7 Å². The van der Waals surface area contributed by atoms with Crippen LogP contribution in [0.15, 0.2) is 23.2 Å². The summed E-state index contributed by atoms with van der Waals surface area (Å²) >= 11 is 0. The van der Waals surface area contributed by atoms with Crippen LogP contribution in [0.4, 0.5) is 18.9 Å². The Kier molecular flexibility index (Phi) is 6.40. The Bertz CT molecular complexity index is 475. The molecule has 0 saturated heterocycles. The van der Waals surface area contributed by atoms with Crippen molar-refractivity contribution in [2.45, 2.75) is 58.7 Å². The fraction of sp³-hybridized carbons (Fsp3) is 0.562. The summed E-state index contributed by atoms with van der Waals surface area (Å²) in [6.45, 7) is 5.38. The van der Waals surface area contributed by atoms with Crippen molar-refractivity contribution in [2.75, 3.05) is 0 Å². The number of aliphatic hydroxyl groups is 1. The van der Waals surface area contributed by atoms with Gasteiger partial charge >= 0.3 is 6.18 Å². The lowest BCUT2D eigenvalue weighted by molar-refractivity contribution is -0.0665. The molecule has 1 aromatic rings. The molecule has 0 heterocycles. The van der Waals surface area contributed by atoms with Crippen LogP contribution in [0, 0.1) is 13.8 Å². The van der Waals surface area contributed by atoms with Crippen LogP contribution < -0.4 is 0 Å². The molecule has 0 aliphatic carbocycles. The molecule has 1 rings (SSSR count). The second-order valence-electron chi connectivity index (χ2n) is 5.25. The third-order valence-corrected chi connectivity index (χ3v) is 3.36. The fourth-order valence-electron chi connectivity index (χ4n) is 2.15. The minimum atomic E-state index is -4.62. The van der Waals surface area contributed by atoms with Gasteiger partial charge in [0, 0.05) is 0 Å². The standard InChI is InChI=1S/C16H22F3NO/c1-4-5-6-10-13(21)15(16(17,18)19)20-14-11(2)8-7-9-12(14)3/h7-9,13,21H,4-6,10H2,1-3H3. The van der Waals surface area contributed by atoms with Crippen molar-refractivity contribution in [3.8, 4) is 0 Å². The van der Waals surface area contributed by atoms with E-state index in [4.69, 9.17) is 0 Å². The van der Waals surface area contributed by atoms with Gasteiger partial charge in [0.1, 0.15) is 6.10 Å². The number of aliphatic imine (C=N–C) groups is 1. The number of hydrogen-bond donors (Lipinski definition) is 1. The van der Waals surface area contributed by atoms with Gasteiger partial charge in [-0.2, -0.15) is 13.2 Å². The molecule has 0 aliphatic rings. The molecule has 0 aromatic heterocycles. The molecular formula is C16H22F3NO. The van der Waals surface area contributed by atoms with Crippen LogP contribution in [0.25, 0.3) is 0 Å². The lowest BCUT2D eigenvalue weighted by Crippen LogP contribution is -2.34. The maximum atomic E-state index is 13.1. The molecule has 2 nitrogen and oxygen atoms in total. The van der Waals surface area contributed by atoms with Gasteiger partial charge < -0.3 is 5.11 Å². The number of para-hydroxylation sites is 1. The van der Waals surface area contributed by atoms with E-state index in [2.05, 4.69) is 4.99 Å². The molecular weight excluding hydrogens is 279 g/mol. The maximum Gasteiger partial charge on any atom is 0.432 e. The van der Waals surface area contributed by atoms with Crippen LogP contribution in [0.5, 0.6) is 0 Å². The highest BCUT2D eigenvalue weighted by atomic mass is 19.4. The lowest BCUT2D eigenvalue weighted by Gasteiger charge is -2.17. The van der Waals surface area contributed by atoms with Gasteiger partial charge in [0.25, 0.3) is 0 Å². The number of nitrogens with zero attached hydrogens (tertiary/aromatic N) is 1. The Labute approximate surface area is 123 Å². The molecule has 1 atom stereocenters. The Morgan fingerprint density at radius 1 is 1.19 bits per heavy atom. The number of benzene rings is 1. The minimum absolute atomic E-state index is 0.0805. The molecule has 0 bridgehead atoms. The molecule has 0 amide bonds. The van der Waals surface area contributed by atoms with Gasteiger partial charge in [-0.25, -0.2) is 4.99 Å². The van der Waals surface area contributed by atoms with Crippen molar-refractivity contribution in [2.24, 2.45) is 4.99 Å². The smallest absolute Gasteiger partial charge is 0.387 e. The molecule has 0 saturated carbocycles. The number of unbranched alkanes of at least 4 members (excludes halogenated alkanes) is 2. The molecule has 0 aliphatic heterocycles. The Morgan fingerprint density at radius 3 is 2.24 bits per heavy atom. The van der Waals surface area contributed by atoms with Crippen molar-refractivity contribution in [1.82, 2.24) is 0 Å². The number of aryl methyl sites for hydroxylation is 2. The van der Waals surface area contributed by atoms with Gasteiger partial charge in [-0.1, -0.05) is 44.4 Å². The van der Waals surface area contributed by atoms with Gasteiger partial charge in [-0.15, -0.1) is 0 Å². The molecule has 0 fully saturated rings. The third kappa shape index (κ3) is 5.16. The van der Waals surface area contributed by atoms with E-state index in [0.717, 1.165) is 12.8 Å². The molecule has 1 unspecified atom stereocenters. The molecule has 1 aromatic carbocycles. The van der Waals surface area contributed by atoms with Crippen LogP contribution in [-0.2, 0) is 0 Å². The number of rotatable bonds is 6. The van der Waals surface area contributed by atoms with E-state index in [1.54, 1.807) is 32.0 Å². The zero-order chi connectivity index (χ0) is 16.0. The largest absolute Gasteiger partial charge is 0.432 e. The molecule has 0 radical (unpaired) electrons.